The minimum atomic E-state index is -0.453. The standard InChI is InChI=1S/C33H46N8O2.C33H40N8O.C28H33ClFN7O2/c1-24-10-7-12-30(25(24)2)39-17-14-28-29(22-39)35-33(43-23-26-11-8-16-38(26)6)36-32(28)40-18-19-41(27(21-40)20-34-3)31(42)13-9-15-37(4)5;1-5-31(42)41-19-18-39(22-26(41)20-34-2)32-28-15-17-38(30-14-8-11-24-10-6-7-13-27(24)30)23-29(28)35-33(36-32)40-16-9-12-25(21-40)37(3)4;1-4-25(38)37-14-13-36(16-20(37)15-31-2)27-21-10-12-35(24-9-5-8-22(30)26(24)29)17-23(21)32-28(33-27)39-18-19-7-6-11-34(19)3/h7,9-10,12-13,26-27H,8,11,14-23H2,1-2,4-6H3;5-8,10-11,13-14,25-26H,1,9,12,15-23H2,3-4H3;4-5,8-9,19-20H,1,6-7,10-18H2,3H3/b13-9+;;/t26-,27-;25?,26-;19-,20-/m000/s1. The highest BCUT2D eigenvalue weighted by Gasteiger charge is 2.41. The molecule has 3 amide bonds. The highest BCUT2D eigenvalue weighted by Crippen LogP contribution is 2.40. The van der Waals surface area contributed by atoms with Gasteiger partial charge in [-0.3, -0.25) is 14.4 Å². The molecule has 124 heavy (non-hydrogen) atoms. The fourth-order valence-electron chi connectivity index (χ4n) is 18.9. The van der Waals surface area contributed by atoms with Gasteiger partial charge in [0, 0.05) is 156 Å². The third-order valence-electron chi connectivity index (χ3n) is 26.1. The smallest absolute Gasteiger partial charge is 0.318 e. The summed E-state index contributed by atoms with van der Waals surface area (Å²) in [6, 6.07) is 27.6. The van der Waals surface area contributed by atoms with E-state index in [-0.39, 0.29) is 60.5 Å². The number of piperazine rings is 3. The number of anilines is 7. The molecule has 7 aromatic rings. The number of hydrogen-bond donors (Lipinski definition) is 0. The molecule has 28 nitrogen and oxygen atoms in total. The van der Waals surface area contributed by atoms with Crippen LogP contribution in [-0.4, -0.2) is 305 Å². The Hall–Kier alpha value is -11.3. The Morgan fingerprint density at radius 1 is 0.508 bits per heavy atom. The third kappa shape index (κ3) is 20.6. The summed E-state index contributed by atoms with van der Waals surface area (Å²) in [4.78, 5) is 110. The Morgan fingerprint density at radius 3 is 1.48 bits per heavy atom. The predicted molar refractivity (Wildman–Crippen MR) is 488 cm³/mol. The number of carbonyl (C=O) groups excluding carboxylic acids is 3. The molecule has 9 aliphatic rings. The van der Waals surface area contributed by atoms with E-state index in [1.165, 1.54) is 69.9 Å². The highest BCUT2D eigenvalue weighted by molar-refractivity contribution is 6.33. The molecule has 6 atom stereocenters. The molecule has 9 aliphatic heterocycles. The Labute approximate surface area is 735 Å². The van der Waals surface area contributed by atoms with E-state index in [1.807, 2.05) is 40.9 Å². The van der Waals surface area contributed by atoms with Crippen LogP contribution in [0.25, 0.3) is 25.3 Å². The number of aromatic nitrogens is 6. The number of benzene rings is 4. The van der Waals surface area contributed by atoms with Gasteiger partial charge in [-0.1, -0.05) is 85.4 Å². The van der Waals surface area contributed by atoms with E-state index < -0.39 is 5.82 Å². The minimum Gasteiger partial charge on any atom is -0.462 e. The van der Waals surface area contributed by atoms with E-state index in [1.54, 1.807) is 21.9 Å². The number of piperidine rings is 1. The molecule has 0 N–H and O–H groups in total. The lowest BCUT2D eigenvalue weighted by Gasteiger charge is -2.42. The summed E-state index contributed by atoms with van der Waals surface area (Å²) in [6.07, 6.45) is 15.3. The fourth-order valence-corrected chi connectivity index (χ4v) is 19.2. The van der Waals surface area contributed by atoms with Gasteiger partial charge in [0.1, 0.15) is 54.6 Å². The summed E-state index contributed by atoms with van der Waals surface area (Å²) in [6.45, 7) is 50.0. The summed E-state index contributed by atoms with van der Waals surface area (Å²) < 4.78 is 26.7. The maximum atomic E-state index is 14.2. The normalized spacial score (nSPS) is 21.1. The Balaban J connectivity index is 0.000000152. The molecule has 3 aromatic heterocycles. The van der Waals surface area contributed by atoms with Crippen molar-refractivity contribution in [2.75, 3.05) is 221 Å². The maximum Gasteiger partial charge on any atom is 0.318 e. The van der Waals surface area contributed by atoms with Crippen LogP contribution in [0.15, 0.2) is 116 Å². The highest BCUT2D eigenvalue weighted by atomic mass is 35.5. The summed E-state index contributed by atoms with van der Waals surface area (Å²) >= 11 is 6.32. The Morgan fingerprint density at radius 2 is 0.968 bits per heavy atom. The van der Waals surface area contributed by atoms with Crippen LogP contribution in [0.1, 0.15) is 83.4 Å². The summed E-state index contributed by atoms with van der Waals surface area (Å²) in [7, 11) is 12.5. The molecular weight excluding hydrogens is 1590 g/mol. The van der Waals surface area contributed by atoms with Crippen molar-refractivity contribution in [3.63, 3.8) is 0 Å². The zero-order valence-corrected chi connectivity index (χ0v) is 74.1. The van der Waals surface area contributed by atoms with Gasteiger partial charge in [-0.05, 0) is 180 Å². The van der Waals surface area contributed by atoms with Gasteiger partial charge in [-0.25, -0.2) is 29.1 Å². The van der Waals surface area contributed by atoms with Crippen molar-refractivity contribution in [1.29, 1.82) is 0 Å². The first-order chi connectivity index (χ1) is 60.1. The second kappa shape index (κ2) is 41.0. The second-order valence-corrected chi connectivity index (χ2v) is 34.8. The quantitative estimate of drug-likeness (QED) is 0.0457. The number of ether oxygens (including phenoxy) is 2. The number of halogens is 2. The van der Waals surface area contributed by atoms with Crippen LogP contribution in [-0.2, 0) is 53.3 Å². The third-order valence-corrected chi connectivity index (χ3v) is 26.5. The molecule has 0 aliphatic carbocycles. The second-order valence-electron chi connectivity index (χ2n) is 34.5. The number of likely N-dealkylation sites (N-methyl/N-ethyl adjacent to an activating group) is 4. The monoisotopic (exact) mass is 1700 g/mol. The lowest BCUT2D eigenvalue weighted by Crippen LogP contribution is -2.56. The zero-order chi connectivity index (χ0) is 87.2. The van der Waals surface area contributed by atoms with Crippen molar-refractivity contribution in [2.24, 2.45) is 0 Å². The number of rotatable bonds is 22. The Kier molecular flexibility index (Phi) is 29.5. The largest absolute Gasteiger partial charge is 0.462 e. The first kappa shape index (κ1) is 89.0. The van der Waals surface area contributed by atoms with E-state index in [0.29, 0.717) is 141 Å². The molecule has 30 heteroatoms. The number of hydrogen-bond acceptors (Lipinski definition) is 22. The van der Waals surface area contributed by atoms with Gasteiger partial charge >= 0.3 is 12.0 Å². The van der Waals surface area contributed by atoms with E-state index in [4.69, 9.17) is 70.7 Å². The van der Waals surface area contributed by atoms with E-state index in [9.17, 15) is 18.8 Å². The van der Waals surface area contributed by atoms with Crippen LogP contribution in [0.5, 0.6) is 12.0 Å². The van der Waals surface area contributed by atoms with Crippen molar-refractivity contribution in [2.45, 2.75) is 128 Å². The van der Waals surface area contributed by atoms with Crippen molar-refractivity contribution >= 4 is 80.6 Å². The van der Waals surface area contributed by atoms with E-state index in [0.717, 1.165) is 136 Å². The lowest BCUT2D eigenvalue weighted by atomic mass is 10.0. The minimum absolute atomic E-state index is 0.0336. The van der Waals surface area contributed by atoms with Crippen LogP contribution in [0.4, 0.5) is 44.9 Å². The first-order valence-corrected chi connectivity index (χ1v) is 44.2. The molecule has 12 heterocycles. The molecule has 16 rings (SSSR count). The maximum absolute atomic E-state index is 14.2. The average molecular weight is 1710 g/mol. The molecule has 0 spiro atoms. The molecule has 654 valence electrons. The van der Waals surface area contributed by atoms with Crippen molar-refractivity contribution in [1.82, 2.24) is 64.2 Å². The van der Waals surface area contributed by atoms with Crippen LogP contribution in [0.3, 0.4) is 0 Å². The topological polar surface area (TPSA) is 205 Å². The summed E-state index contributed by atoms with van der Waals surface area (Å²) in [5, 5.41) is 2.60. The fraction of sp³-hybridized carbons (Fsp3) is 0.511. The number of carbonyl (C=O) groups is 3. The van der Waals surface area contributed by atoms with Gasteiger partial charge in [0.15, 0.2) is 0 Å². The number of likely N-dealkylation sites (tertiary alicyclic amines) is 2. The summed E-state index contributed by atoms with van der Waals surface area (Å²) in [5.74, 6) is 2.68. The van der Waals surface area contributed by atoms with Crippen molar-refractivity contribution < 1.29 is 28.2 Å². The Bertz CT molecular complexity index is 5160. The van der Waals surface area contributed by atoms with Gasteiger partial charge in [0.2, 0.25) is 43.3 Å². The van der Waals surface area contributed by atoms with Crippen molar-refractivity contribution in [3.05, 3.63) is 206 Å². The van der Waals surface area contributed by atoms with Gasteiger partial charge in [-0.2, -0.15) is 24.9 Å². The number of fused-ring (bicyclic) bond motifs is 4. The molecule has 6 saturated heterocycles. The van der Waals surface area contributed by atoms with Gasteiger partial charge in [-0.15, -0.1) is 0 Å². The number of nitrogens with zero attached hydrogens (tertiary/aromatic N) is 23. The van der Waals surface area contributed by atoms with Crippen molar-refractivity contribution in [3.8, 4) is 12.0 Å². The molecule has 6 fully saturated rings. The lowest BCUT2D eigenvalue weighted by molar-refractivity contribution is -0.129. The molecule has 0 bridgehead atoms. The van der Waals surface area contributed by atoms with E-state index >= 15 is 0 Å². The van der Waals surface area contributed by atoms with Crippen LogP contribution < -0.4 is 43.8 Å². The zero-order valence-electron chi connectivity index (χ0n) is 73.3. The van der Waals surface area contributed by atoms with Crippen LogP contribution in [0.2, 0.25) is 5.02 Å². The number of aryl methyl sites for hydroxylation is 1. The average Bonchev–Trinajstić information content (AvgIpc) is 0.899. The molecular formula is C94H119ClFN23O5. The molecule has 0 radical (unpaired) electrons. The predicted octanol–water partition coefficient (Wildman–Crippen LogP) is 10.5. The van der Waals surface area contributed by atoms with Gasteiger partial charge < -0.3 is 92.6 Å². The SMILES string of the molecule is [C-]#[N+]C[C@H]1CN(c2nc(N3CCCC(N(C)C)C3)nc3c2CCN(c2cccc4ccccc24)C3)CCN1C(=O)C=C.[C-]#[N+]C[C@H]1CN(c2nc(OC[C@@H]3CCCN3C)nc3c2CCN(c2cccc(C)c2C)C3)CCN1C(=O)/C=C/CN(C)C.[C-]#[N+]C[C@H]1CN(c2nc(OC[C@@H]3CCCN3C)nc3c2CCN(c2cccc(F)c2Cl)C3)CCN1C(=O)C=C. The molecule has 0 saturated carbocycles. The molecule has 4 aromatic carbocycles. The number of amides is 3. The van der Waals surface area contributed by atoms with Gasteiger partial charge in [0.05, 0.1) is 47.4 Å². The van der Waals surface area contributed by atoms with Gasteiger partial charge in [0.25, 0.3) is 0 Å². The molecule has 1 unspecified atom stereocenters. The van der Waals surface area contributed by atoms with E-state index in [2.05, 4.69) is 174 Å². The van der Waals surface area contributed by atoms with Crippen LogP contribution >= 0.6 is 11.6 Å². The first-order valence-electron chi connectivity index (χ1n) is 43.8. The van der Waals surface area contributed by atoms with Crippen LogP contribution in [0, 0.1) is 39.4 Å². The summed E-state index contributed by atoms with van der Waals surface area (Å²) in [5.41, 5.74) is 11.9.